The predicted molar refractivity (Wildman–Crippen MR) is 82.1 cm³/mol. The molecule has 0 aliphatic rings. The molecule has 19 heavy (non-hydrogen) atoms. The molecule has 3 nitrogen and oxygen atoms in total. The maximum absolute atomic E-state index is 8.99. The maximum atomic E-state index is 8.99. The highest BCUT2D eigenvalue weighted by molar-refractivity contribution is 6.42. The zero-order chi connectivity index (χ0) is 14.3. The van der Waals surface area contributed by atoms with E-state index in [1.807, 2.05) is 19.2 Å². The van der Waals surface area contributed by atoms with Gasteiger partial charge >= 0.3 is 0 Å². The van der Waals surface area contributed by atoms with Crippen molar-refractivity contribution >= 4 is 23.2 Å². The van der Waals surface area contributed by atoms with Crippen LogP contribution in [0.25, 0.3) is 0 Å². The van der Waals surface area contributed by atoms with Gasteiger partial charge in [0, 0.05) is 19.1 Å². The van der Waals surface area contributed by atoms with E-state index in [9.17, 15) is 0 Å². The Morgan fingerprint density at radius 2 is 2.05 bits per heavy atom. The Morgan fingerprint density at radius 1 is 1.32 bits per heavy atom. The standard InChI is InChI=1S/C14H22Cl2N2O/c1-3-18(9-10-19)8-7-13(17-2)11-5-4-6-12(15)14(11)16/h4-6,13,17,19H,3,7-10H2,1-2H3. The van der Waals surface area contributed by atoms with E-state index >= 15 is 0 Å². The topological polar surface area (TPSA) is 35.5 Å². The van der Waals surface area contributed by atoms with Crippen LogP contribution in [0.1, 0.15) is 24.9 Å². The molecule has 0 aromatic heterocycles. The van der Waals surface area contributed by atoms with Gasteiger partial charge in [-0.1, -0.05) is 42.3 Å². The van der Waals surface area contributed by atoms with Gasteiger partial charge in [-0.3, -0.25) is 0 Å². The highest BCUT2D eigenvalue weighted by Crippen LogP contribution is 2.31. The predicted octanol–water partition coefficient (Wildman–Crippen LogP) is 2.96. The summed E-state index contributed by atoms with van der Waals surface area (Å²) in [5, 5.41) is 13.5. The highest BCUT2D eigenvalue weighted by Gasteiger charge is 2.15. The third-order valence-corrected chi connectivity index (χ3v) is 4.14. The Balaban J connectivity index is 2.70. The van der Waals surface area contributed by atoms with Crippen molar-refractivity contribution in [2.45, 2.75) is 19.4 Å². The molecule has 0 amide bonds. The average Bonchev–Trinajstić information content (AvgIpc) is 2.42. The van der Waals surface area contributed by atoms with E-state index in [4.69, 9.17) is 28.3 Å². The van der Waals surface area contributed by atoms with E-state index in [-0.39, 0.29) is 12.6 Å². The smallest absolute Gasteiger partial charge is 0.0640 e. The molecule has 1 unspecified atom stereocenters. The van der Waals surface area contributed by atoms with Crippen LogP contribution in [0.3, 0.4) is 0 Å². The fraction of sp³-hybridized carbons (Fsp3) is 0.571. The summed E-state index contributed by atoms with van der Waals surface area (Å²) in [6.07, 6.45) is 0.921. The number of aliphatic hydroxyl groups is 1. The molecule has 108 valence electrons. The van der Waals surface area contributed by atoms with Crippen LogP contribution in [0.15, 0.2) is 18.2 Å². The second kappa shape index (κ2) is 8.77. The number of benzene rings is 1. The molecule has 1 aromatic rings. The Hall–Kier alpha value is -0.320. The molecule has 0 spiro atoms. The first-order valence-electron chi connectivity index (χ1n) is 6.58. The first-order valence-corrected chi connectivity index (χ1v) is 7.34. The van der Waals surface area contributed by atoms with Crippen LogP contribution in [-0.4, -0.2) is 43.3 Å². The Kier molecular flexibility index (Phi) is 7.73. The van der Waals surface area contributed by atoms with Gasteiger partial charge < -0.3 is 15.3 Å². The van der Waals surface area contributed by atoms with Crippen molar-refractivity contribution in [3.05, 3.63) is 33.8 Å². The van der Waals surface area contributed by atoms with Crippen LogP contribution < -0.4 is 5.32 Å². The van der Waals surface area contributed by atoms with Gasteiger partial charge in [0.05, 0.1) is 16.7 Å². The fourth-order valence-corrected chi connectivity index (χ4v) is 2.57. The number of hydrogen-bond donors (Lipinski definition) is 2. The SMILES string of the molecule is CCN(CCO)CCC(NC)c1cccc(Cl)c1Cl. The Morgan fingerprint density at radius 3 is 2.63 bits per heavy atom. The molecule has 0 fully saturated rings. The second-order valence-corrected chi connectivity index (χ2v) is 5.22. The number of nitrogens with zero attached hydrogens (tertiary/aromatic N) is 1. The van der Waals surface area contributed by atoms with Crippen molar-refractivity contribution in [1.29, 1.82) is 0 Å². The van der Waals surface area contributed by atoms with Crippen LogP contribution in [-0.2, 0) is 0 Å². The largest absolute Gasteiger partial charge is 0.395 e. The fourth-order valence-electron chi connectivity index (χ4n) is 2.13. The van der Waals surface area contributed by atoms with Gasteiger partial charge in [0.15, 0.2) is 0 Å². The van der Waals surface area contributed by atoms with E-state index in [1.54, 1.807) is 6.07 Å². The van der Waals surface area contributed by atoms with Crippen molar-refractivity contribution < 1.29 is 5.11 Å². The van der Waals surface area contributed by atoms with Gasteiger partial charge in [-0.25, -0.2) is 0 Å². The molecule has 1 rings (SSSR count). The summed E-state index contributed by atoms with van der Waals surface area (Å²) in [4.78, 5) is 2.21. The lowest BCUT2D eigenvalue weighted by Crippen LogP contribution is -2.30. The second-order valence-electron chi connectivity index (χ2n) is 4.43. The van der Waals surface area contributed by atoms with E-state index < -0.39 is 0 Å². The van der Waals surface area contributed by atoms with Crippen LogP contribution in [0.5, 0.6) is 0 Å². The van der Waals surface area contributed by atoms with E-state index in [0.29, 0.717) is 16.6 Å². The summed E-state index contributed by atoms with van der Waals surface area (Å²) < 4.78 is 0. The van der Waals surface area contributed by atoms with Crippen LogP contribution >= 0.6 is 23.2 Å². The van der Waals surface area contributed by atoms with Gasteiger partial charge in [0.2, 0.25) is 0 Å². The first-order chi connectivity index (χ1) is 9.13. The van der Waals surface area contributed by atoms with Crippen molar-refractivity contribution in [3.8, 4) is 0 Å². The van der Waals surface area contributed by atoms with Crippen molar-refractivity contribution in [2.24, 2.45) is 0 Å². The summed E-state index contributed by atoms with van der Waals surface area (Å²) in [6, 6.07) is 5.88. The monoisotopic (exact) mass is 304 g/mol. The first kappa shape index (κ1) is 16.7. The normalized spacial score (nSPS) is 12.9. The minimum Gasteiger partial charge on any atom is -0.395 e. The van der Waals surface area contributed by atoms with Gasteiger partial charge in [-0.15, -0.1) is 0 Å². The number of nitrogens with one attached hydrogen (secondary N) is 1. The molecular formula is C14H22Cl2N2O. The molecule has 0 heterocycles. The molecule has 0 aliphatic carbocycles. The van der Waals surface area contributed by atoms with Crippen LogP contribution in [0.2, 0.25) is 10.0 Å². The Labute approximate surface area is 125 Å². The number of likely N-dealkylation sites (N-methyl/N-ethyl adjacent to an activating group) is 1. The molecule has 0 aliphatic heterocycles. The lowest BCUT2D eigenvalue weighted by molar-refractivity contribution is 0.196. The van der Waals surface area contributed by atoms with Crippen molar-refractivity contribution in [3.63, 3.8) is 0 Å². The molecule has 0 saturated carbocycles. The molecule has 2 N–H and O–H groups in total. The van der Waals surface area contributed by atoms with Crippen molar-refractivity contribution in [2.75, 3.05) is 33.3 Å². The van der Waals surface area contributed by atoms with Gasteiger partial charge in [-0.05, 0) is 31.6 Å². The number of rotatable bonds is 8. The summed E-state index contributed by atoms with van der Waals surface area (Å²) >= 11 is 12.3. The van der Waals surface area contributed by atoms with Crippen molar-refractivity contribution in [1.82, 2.24) is 10.2 Å². The number of hydrogen-bond acceptors (Lipinski definition) is 3. The summed E-state index contributed by atoms with van der Waals surface area (Å²) in [7, 11) is 1.92. The number of halogens is 2. The third-order valence-electron chi connectivity index (χ3n) is 3.30. The zero-order valence-electron chi connectivity index (χ0n) is 11.5. The average molecular weight is 305 g/mol. The molecule has 0 radical (unpaired) electrons. The quantitative estimate of drug-likeness (QED) is 0.775. The van der Waals surface area contributed by atoms with Crippen LogP contribution in [0, 0.1) is 0 Å². The lowest BCUT2D eigenvalue weighted by atomic mass is 10.0. The maximum Gasteiger partial charge on any atom is 0.0640 e. The minimum atomic E-state index is 0.166. The van der Waals surface area contributed by atoms with Gasteiger partial charge in [0.1, 0.15) is 0 Å². The molecule has 1 atom stereocenters. The molecule has 0 bridgehead atoms. The highest BCUT2D eigenvalue weighted by atomic mass is 35.5. The molecular weight excluding hydrogens is 283 g/mol. The molecule has 0 saturated heterocycles. The van der Waals surface area contributed by atoms with Crippen LogP contribution in [0.4, 0.5) is 0 Å². The van der Waals surface area contributed by atoms with Gasteiger partial charge in [0.25, 0.3) is 0 Å². The summed E-state index contributed by atoms with van der Waals surface area (Å²) in [5.41, 5.74) is 1.02. The van der Waals surface area contributed by atoms with E-state index in [2.05, 4.69) is 17.1 Å². The summed E-state index contributed by atoms with van der Waals surface area (Å²) in [5.74, 6) is 0. The van der Waals surface area contributed by atoms with E-state index in [1.165, 1.54) is 0 Å². The Bertz CT molecular complexity index is 388. The number of aliphatic hydroxyl groups excluding tert-OH is 1. The zero-order valence-corrected chi connectivity index (χ0v) is 13.0. The summed E-state index contributed by atoms with van der Waals surface area (Å²) in [6.45, 7) is 4.83. The lowest BCUT2D eigenvalue weighted by Gasteiger charge is -2.24. The molecule has 1 aromatic carbocycles. The minimum absolute atomic E-state index is 0.166. The molecule has 5 heteroatoms. The van der Waals surface area contributed by atoms with E-state index in [0.717, 1.165) is 25.1 Å². The third kappa shape index (κ3) is 4.93. The van der Waals surface area contributed by atoms with Gasteiger partial charge in [-0.2, -0.15) is 0 Å².